The van der Waals surface area contributed by atoms with Crippen LogP contribution in [0.2, 0.25) is 0 Å². The van der Waals surface area contributed by atoms with Gasteiger partial charge in [-0.1, -0.05) is 28.1 Å². The molecule has 2 aliphatic heterocycles. The molecule has 0 aromatic heterocycles. The number of halogens is 4. The number of piperidine rings is 1. The Balaban J connectivity index is 1.56. The minimum atomic E-state index is -4.49. The summed E-state index contributed by atoms with van der Waals surface area (Å²) in [5.74, 6) is 0.935. The number of rotatable bonds is 3. The van der Waals surface area contributed by atoms with Gasteiger partial charge in [0.25, 0.3) is 10.0 Å². The monoisotopic (exact) mass is 502 g/mol. The average Bonchev–Trinajstić information content (AvgIpc) is 2.68. The van der Waals surface area contributed by atoms with E-state index in [0.717, 1.165) is 31.0 Å². The highest BCUT2D eigenvalue weighted by Crippen LogP contribution is 2.38. The number of fused-ring (bicyclic) bond motifs is 1. The van der Waals surface area contributed by atoms with Crippen LogP contribution in [-0.4, -0.2) is 38.0 Å². The van der Waals surface area contributed by atoms with Crippen LogP contribution < -0.4 is 4.74 Å². The number of alkyl halides is 3. The molecule has 160 valence electrons. The van der Waals surface area contributed by atoms with Gasteiger partial charge in [0.15, 0.2) is 0 Å². The van der Waals surface area contributed by atoms with Crippen LogP contribution in [0.5, 0.6) is 11.5 Å². The molecule has 2 aliphatic rings. The molecular weight excluding hydrogens is 485 g/mol. The maximum absolute atomic E-state index is 13.1. The molecule has 2 aromatic carbocycles. The van der Waals surface area contributed by atoms with Gasteiger partial charge in [0.1, 0.15) is 17.3 Å². The van der Waals surface area contributed by atoms with E-state index in [1.165, 1.54) is 12.1 Å². The number of hydrogen-bond donors (Lipinski definition) is 0. The van der Waals surface area contributed by atoms with Gasteiger partial charge in [0.2, 0.25) is 0 Å². The number of benzene rings is 2. The first kappa shape index (κ1) is 21.2. The summed E-state index contributed by atoms with van der Waals surface area (Å²) in [6.07, 6.45) is -2.77. The molecule has 0 saturated carbocycles. The lowest BCUT2D eigenvalue weighted by Crippen LogP contribution is -2.46. The van der Waals surface area contributed by atoms with E-state index in [-0.39, 0.29) is 21.9 Å². The van der Waals surface area contributed by atoms with E-state index in [9.17, 15) is 21.6 Å². The Morgan fingerprint density at radius 2 is 1.77 bits per heavy atom. The Kier molecular flexibility index (Phi) is 5.56. The Labute approximate surface area is 180 Å². The van der Waals surface area contributed by atoms with Gasteiger partial charge in [0.05, 0.1) is 11.3 Å². The topological polar surface area (TPSA) is 59.0 Å². The van der Waals surface area contributed by atoms with Crippen LogP contribution in [0.1, 0.15) is 29.9 Å². The van der Waals surface area contributed by atoms with Crippen molar-refractivity contribution in [2.45, 2.75) is 24.9 Å². The largest absolute Gasteiger partial charge is 0.457 e. The summed E-state index contributed by atoms with van der Waals surface area (Å²) in [4.78, 5) is 2.01. The predicted molar refractivity (Wildman–Crippen MR) is 110 cm³/mol. The van der Waals surface area contributed by atoms with Crippen LogP contribution in [0, 0.1) is 0 Å². The molecule has 30 heavy (non-hydrogen) atoms. The average molecular weight is 503 g/mol. The van der Waals surface area contributed by atoms with Crippen LogP contribution in [0.15, 0.2) is 51.3 Å². The minimum Gasteiger partial charge on any atom is -0.457 e. The molecule has 1 saturated heterocycles. The van der Waals surface area contributed by atoms with E-state index in [4.69, 9.17) is 4.74 Å². The number of hydrogen-bond acceptors (Lipinski definition) is 4. The third kappa shape index (κ3) is 4.49. The van der Waals surface area contributed by atoms with Crippen molar-refractivity contribution in [2.24, 2.45) is 4.40 Å². The fourth-order valence-electron chi connectivity index (χ4n) is 3.72. The predicted octanol–water partition coefficient (Wildman–Crippen LogP) is 5.18. The van der Waals surface area contributed by atoms with E-state index < -0.39 is 21.8 Å². The smallest absolute Gasteiger partial charge is 0.417 e. The second-order valence-corrected chi connectivity index (χ2v) is 9.84. The fraction of sp³-hybridized carbons (Fsp3) is 0.350. The third-order valence-corrected chi connectivity index (χ3v) is 7.02. The standard InChI is InChI=1S/C20H18BrF3N2O3S/c21-18-8-7-15(12-17(18)20(22,23)24)29-14-5-3-13(4-6-14)16-2-1-9-26-10-11-30(27,28)25-19(16)26/h3-8,12,16H,1-2,9-11H2. The maximum atomic E-state index is 13.1. The molecule has 10 heteroatoms. The zero-order valence-corrected chi connectivity index (χ0v) is 18.1. The minimum absolute atomic E-state index is 0.0309. The normalized spacial score (nSPS) is 21.0. The molecule has 0 aliphatic carbocycles. The van der Waals surface area contributed by atoms with Crippen molar-refractivity contribution in [1.29, 1.82) is 0 Å². The van der Waals surface area contributed by atoms with Crippen molar-refractivity contribution in [3.05, 3.63) is 58.1 Å². The highest BCUT2D eigenvalue weighted by molar-refractivity contribution is 9.10. The first-order valence-electron chi connectivity index (χ1n) is 9.34. The lowest BCUT2D eigenvalue weighted by molar-refractivity contribution is -0.138. The zero-order chi connectivity index (χ0) is 21.5. The molecule has 4 rings (SSSR count). The molecular formula is C20H18BrF3N2O3S. The first-order chi connectivity index (χ1) is 14.1. The van der Waals surface area contributed by atoms with E-state index in [0.29, 0.717) is 18.1 Å². The highest BCUT2D eigenvalue weighted by atomic mass is 79.9. The molecule has 1 fully saturated rings. The van der Waals surface area contributed by atoms with Crippen LogP contribution in [0.3, 0.4) is 0 Å². The molecule has 0 bridgehead atoms. The molecule has 2 heterocycles. The quantitative estimate of drug-likeness (QED) is 0.579. The van der Waals surface area contributed by atoms with Crippen molar-refractivity contribution in [3.63, 3.8) is 0 Å². The Hall–Kier alpha value is -2.07. The molecule has 0 radical (unpaired) electrons. The van der Waals surface area contributed by atoms with Gasteiger partial charge in [-0.05, 0) is 48.7 Å². The second-order valence-electron chi connectivity index (χ2n) is 7.23. The van der Waals surface area contributed by atoms with Crippen molar-refractivity contribution in [2.75, 3.05) is 18.8 Å². The molecule has 0 spiro atoms. The molecule has 0 amide bonds. The van der Waals surface area contributed by atoms with Gasteiger partial charge < -0.3 is 9.64 Å². The highest BCUT2D eigenvalue weighted by Gasteiger charge is 2.34. The van der Waals surface area contributed by atoms with Crippen LogP contribution in [0.4, 0.5) is 13.2 Å². The van der Waals surface area contributed by atoms with E-state index >= 15 is 0 Å². The van der Waals surface area contributed by atoms with Crippen molar-refractivity contribution < 1.29 is 26.3 Å². The van der Waals surface area contributed by atoms with Crippen LogP contribution in [0.25, 0.3) is 0 Å². The summed E-state index contributed by atoms with van der Waals surface area (Å²) in [5.41, 5.74) is 0.0881. The van der Waals surface area contributed by atoms with Gasteiger partial charge in [-0.2, -0.15) is 13.2 Å². The van der Waals surface area contributed by atoms with Gasteiger partial charge in [-0.3, -0.25) is 0 Å². The Bertz CT molecular complexity index is 1090. The third-order valence-electron chi connectivity index (χ3n) is 5.17. The fourth-order valence-corrected chi connectivity index (χ4v) is 5.26. The van der Waals surface area contributed by atoms with Crippen LogP contribution >= 0.6 is 15.9 Å². The van der Waals surface area contributed by atoms with E-state index in [1.54, 1.807) is 24.3 Å². The van der Waals surface area contributed by atoms with Crippen molar-refractivity contribution in [1.82, 2.24) is 4.90 Å². The first-order valence-corrected chi connectivity index (χ1v) is 11.7. The molecule has 0 N–H and O–H groups in total. The van der Waals surface area contributed by atoms with E-state index in [1.807, 2.05) is 4.90 Å². The molecule has 1 unspecified atom stereocenters. The lowest BCUT2D eigenvalue weighted by Gasteiger charge is -2.37. The lowest BCUT2D eigenvalue weighted by atomic mass is 9.89. The number of sulfonamides is 1. The van der Waals surface area contributed by atoms with Gasteiger partial charge in [-0.15, -0.1) is 4.40 Å². The van der Waals surface area contributed by atoms with Gasteiger partial charge in [-0.25, -0.2) is 8.42 Å². The van der Waals surface area contributed by atoms with Crippen LogP contribution in [-0.2, 0) is 16.2 Å². The summed E-state index contributed by atoms with van der Waals surface area (Å²) in [6.45, 7) is 1.24. The zero-order valence-electron chi connectivity index (χ0n) is 15.7. The van der Waals surface area contributed by atoms with Crippen molar-refractivity contribution in [3.8, 4) is 11.5 Å². The number of ether oxygens (including phenoxy) is 1. The SMILES string of the molecule is O=S1(=O)CCN2CCCC(c3ccc(Oc4ccc(Br)c(C(F)(F)F)c4)cc3)C2=N1. The number of nitrogens with zero attached hydrogens (tertiary/aromatic N) is 2. The molecule has 5 nitrogen and oxygen atoms in total. The Morgan fingerprint density at radius 3 is 2.47 bits per heavy atom. The van der Waals surface area contributed by atoms with Gasteiger partial charge >= 0.3 is 6.18 Å². The second kappa shape index (κ2) is 7.88. The summed E-state index contributed by atoms with van der Waals surface area (Å²) in [6, 6.07) is 10.6. The number of amidine groups is 1. The summed E-state index contributed by atoms with van der Waals surface area (Å²) in [7, 11) is -3.44. The summed E-state index contributed by atoms with van der Waals surface area (Å²) in [5, 5.41) is 0. The molecule has 2 aromatic rings. The Morgan fingerprint density at radius 1 is 1.07 bits per heavy atom. The van der Waals surface area contributed by atoms with Gasteiger partial charge in [0, 0.05) is 23.5 Å². The van der Waals surface area contributed by atoms with Crippen molar-refractivity contribution >= 4 is 31.8 Å². The maximum Gasteiger partial charge on any atom is 0.417 e. The van der Waals surface area contributed by atoms with E-state index in [2.05, 4.69) is 20.3 Å². The molecule has 1 atom stereocenters. The summed E-state index contributed by atoms with van der Waals surface area (Å²) < 4.78 is 72.6. The summed E-state index contributed by atoms with van der Waals surface area (Å²) >= 11 is 2.91.